The number of morpholine rings is 1. The topological polar surface area (TPSA) is 44.8 Å². The van der Waals surface area contributed by atoms with Gasteiger partial charge in [-0.05, 0) is 59.9 Å². The van der Waals surface area contributed by atoms with Crippen LogP contribution in [0.1, 0.15) is 36.9 Å². The van der Waals surface area contributed by atoms with Crippen molar-refractivity contribution in [1.82, 2.24) is 9.80 Å². The molecule has 1 aliphatic heterocycles. The number of nitrogens with one attached hydrogen (secondary N) is 1. The summed E-state index contributed by atoms with van der Waals surface area (Å²) in [6.45, 7) is 7.13. The molecule has 0 bridgehead atoms. The molecular formula is C28H33N3O2. The van der Waals surface area contributed by atoms with Crippen LogP contribution in [0.15, 0.2) is 66.7 Å². The summed E-state index contributed by atoms with van der Waals surface area (Å²) in [7, 11) is 0. The van der Waals surface area contributed by atoms with Crippen LogP contribution in [0.25, 0.3) is 10.8 Å². The molecule has 3 aromatic carbocycles. The molecule has 5 nitrogen and oxygen atoms in total. The third-order valence-corrected chi connectivity index (χ3v) is 6.84. The minimum Gasteiger partial charge on any atom is -0.379 e. The van der Waals surface area contributed by atoms with E-state index in [4.69, 9.17) is 4.74 Å². The highest BCUT2D eigenvalue weighted by atomic mass is 16.5. The molecule has 1 amide bonds. The lowest BCUT2D eigenvalue weighted by atomic mass is 10.0. The van der Waals surface area contributed by atoms with Gasteiger partial charge in [-0.2, -0.15) is 0 Å². The molecule has 172 valence electrons. The molecule has 1 N–H and O–H groups in total. The van der Waals surface area contributed by atoms with Crippen molar-refractivity contribution in [2.24, 2.45) is 0 Å². The number of hydrogen-bond donors (Lipinski definition) is 1. The molecule has 5 heteroatoms. The summed E-state index contributed by atoms with van der Waals surface area (Å²) in [6, 6.07) is 24.0. The molecule has 1 aliphatic carbocycles. The molecule has 1 atom stereocenters. The fraction of sp³-hybridized carbons (Fsp3) is 0.393. The Bertz CT molecular complexity index is 1090. The highest BCUT2D eigenvalue weighted by Crippen LogP contribution is 2.35. The lowest BCUT2D eigenvalue weighted by Crippen LogP contribution is -2.37. The monoisotopic (exact) mass is 443 g/mol. The number of ether oxygens (including phenoxy) is 1. The van der Waals surface area contributed by atoms with Gasteiger partial charge in [0.2, 0.25) is 5.91 Å². The summed E-state index contributed by atoms with van der Waals surface area (Å²) in [5.74, 6) is 0.0514. The Morgan fingerprint density at radius 2 is 1.76 bits per heavy atom. The normalized spacial score (nSPS) is 17.9. The molecule has 0 spiro atoms. The second-order valence-corrected chi connectivity index (χ2v) is 9.32. The summed E-state index contributed by atoms with van der Waals surface area (Å²) >= 11 is 0. The first-order valence-corrected chi connectivity index (χ1v) is 12.1. The van der Waals surface area contributed by atoms with Gasteiger partial charge >= 0.3 is 0 Å². The van der Waals surface area contributed by atoms with Crippen molar-refractivity contribution in [3.63, 3.8) is 0 Å². The van der Waals surface area contributed by atoms with Crippen molar-refractivity contribution in [2.45, 2.75) is 38.4 Å². The van der Waals surface area contributed by atoms with E-state index in [2.05, 4.69) is 76.6 Å². The van der Waals surface area contributed by atoms with Crippen LogP contribution in [0.5, 0.6) is 0 Å². The van der Waals surface area contributed by atoms with Gasteiger partial charge in [-0.1, -0.05) is 48.5 Å². The van der Waals surface area contributed by atoms with Gasteiger partial charge in [-0.15, -0.1) is 0 Å². The maximum Gasteiger partial charge on any atom is 0.238 e. The first-order chi connectivity index (χ1) is 16.2. The van der Waals surface area contributed by atoms with Gasteiger partial charge in [-0.25, -0.2) is 0 Å². The minimum atomic E-state index is 0.0514. The average Bonchev–Trinajstić information content (AvgIpc) is 3.69. The second-order valence-electron chi connectivity index (χ2n) is 9.32. The van der Waals surface area contributed by atoms with Crippen LogP contribution >= 0.6 is 0 Å². The lowest BCUT2D eigenvalue weighted by molar-refractivity contribution is -0.118. The summed E-state index contributed by atoms with van der Waals surface area (Å²) in [5, 5.41) is 5.61. The Balaban J connectivity index is 1.20. The largest absolute Gasteiger partial charge is 0.379 e. The summed E-state index contributed by atoms with van der Waals surface area (Å²) in [5.41, 5.74) is 3.39. The zero-order valence-electron chi connectivity index (χ0n) is 19.4. The number of carbonyl (C=O) groups is 1. The maximum absolute atomic E-state index is 12.9. The highest BCUT2D eigenvalue weighted by Gasteiger charge is 2.34. The highest BCUT2D eigenvalue weighted by molar-refractivity contribution is 5.92. The van der Waals surface area contributed by atoms with Gasteiger partial charge in [-0.3, -0.25) is 14.6 Å². The minimum absolute atomic E-state index is 0.0514. The number of nitrogens with zero attached hydrogens (tertiary/aromatic N) is 2. The van der Waals surface area contributed by atoms with Gasteiger partial charge in [0.15, 0.2) is 0 Å². The smallest absolute Gasteiger partial charge is 0.238 e. The van der Waals surface area contributed by atoms with Crippen LogP contribution in [0.4, 0.5) is 5.69 Å². The zero-order chi connectivity index (χ0) is 22.6. The van der Waals surface area contributed by atoms with Crippen LogP contribution in [-0.2, 0) is 16.1 Å². The van der Waals surface area contributed by atoms with Crippen molar-refractivity contribution in [3.8, 4) is 0 Å². The molecule has 3 aromatic rings. The Labute approximate surface area is 196 Å². The molecule has 1 unspecified atom stereocenters. The predicted molar refractivity (Wildman–Crippen MR) is 133 cm³/mol. The molecule has 0 radical (unpaired) electrons. The molecular weight excluding hydrogens is 410 g/mol. The van der Waals surface area contributed by atoms with Crippen molar-refractivity contribution in [3.05, 3.63) is 77.9 Å². The molecule has 1 saturated carbocycles. The zero-order valence-corrected chi connectivity index (χ0v) is 19.4. The van der Waals surface area contributed by atoms with E-state index in [0.717, 1.165) is 38.5 Å². The third-order valence-electron chi connectivity index (χ3n) is 6.84. The Morgan fingerprint density at radius 3 is 2.48 bits per heavy atom. The van der Waals surface area contributed by atoms with E-state index in [1.807, 2.05) is 12.1 Å². The number of amides is 1. The number of rotatable bonds is 8. The van der Waals surface area contributed by atoms with Gasteiger partial charge < -0.3 is 10.1 Å². The molecule has 33 heavy (non-hydrogen) atoms. The van der Waals surface area contributed by atoms with E-state index < -0.39 is 0 Å². The Morgan fingerprint density at radius 1 is 1.03 bits per heavy atom. The molecule has 2 fully saturated rings. The maximum atomic E-state index is 12.9. The van der Waals surface area contributed by atoms with Crippen LogP contribution < -0.4 is 5.32 Å². The molecule has 0 aromatic heterocycles. The molecule has 1 saturated heterocycles. The Kier molecular flexibility index (Phi) is 6.72. The average molecular weight is 444 g/mol. The Hall–Kier alpha value is -2.73. The fourth-order valence-electron chi connectivity index (χ4n) is 4.72. The third kappa shape index (κ3) is 5.61. The lowest BCUT2D eigenvalue weighted by Gasteiger charge is -2.29. The van der Waals surface area contributed by atoms with E-state index in [0.29, 0.717) is 12.6 Å². The SMILES string of the molecule is CC(c1ccc2ccccc2c1)N(CC(=O)Nc1ccc(CN2CCOCC2)cc1)C1CC1. The number of fused-ring (bicyclic) bond motifs is 1. The van der Waals surface area contributed by atoms with E-state index in [1.54, 1.807) is 0 Å². The van der Waals surface area contributed by atoms with Crippen LogP contribution in [0, 0.1) is 0 Å². The van der Waals surface area contributed by atoms with E-state index >= 15 is 0 Å². The first-order valence-electron chi connectivity index (χ1n) is 12.1. The van der Waals surface area contributed by atoms with Crippen LogP contribution in [0.3, 0.4) is 0 Å². The number of benzene rings is 3. The van der Waals surface area contributed by atoms with E-state index in [9.17, 15) is 4.79 Å². The van der Waals surface area contributed by atoms with Crippen LogP contribution in [0.2, 0.25) is 0 Å². The van der Waals surface area contributed by atoms with E-state index in [1.165, 1.54) is 34.7 Å². The van der Waals surface area contributed by atoms with Gasteiger partial charge in [0.1, 0.15) is 0 Å². The van der Waals surface area contributed by atoms with Crippen LogP contribution in [-0.4, -0.2) is 54.6 Å². The number of carbonyl (C=O) groups excluding carboxylic acids is 1. The van der Waals surface area contributed by atoms with Gasteiger partial charge in [0.25, 0.3) is 0 Å². The summed E-state index contributed by atoms with van der Waals surface area (Å²) in [4.78, 5) is 17.7. The van der Waals surface area contributed by atoms with Crippen molar-refractivity contribution < 1.29 is 9.53 Å². The molecule has 2 aliphatic rings. The number of hydrogen-bond acceptors (Lipinski definition) is 4. The molecule has 5 rings (SSSR count). The van der Waals surface area contributed by atoms with Gasteiger partial charge in [0, 0.05) is 37.4 Å². The predicted octanol–water partition coefficient (Wildman–Crippen LogP) is 4.84. The van der Waals surface area contributed by atoms with Gasteiger partial charge in [0.05, 0.1) is 19.8 Å². The van der Waals surface area contributed by atoms with Crippen molar-refractivity contribution in [2.75, 3.05) is 38.2 Å². The fourth-order valence-corrected chi connectivity index (χ4v) is 4.72. The quantitative estimate of drug-likeness (QED) is 0.541. The number of anilines is 1. The first kappa shape index (κ1) is 22.1. The molecule has 1 heterocycles. The van der Waals surface area contributed by atoms with Crippen molar-refractivity contribution in [1.29, 1.82) is 0 Å². The summed E-state index contributed by atoms with van der Waals surface area (Å²) in [6.07, 6.45) is 2.34. The van der Waals surface area contributed by atoms with Crippen molar-refractivity contribution >= 4 is 22.4 Å². The van der Waals surface area contributed by atoms with E-state index in [-0.39, 0.29) is 11.9 Å². The standard InChI is InChI=1S/C28H33N3O2/c1-21(24-9-8-23-4-2-3-5-25(23)18-24)31(27-12-13-27)20-28(32)29-26-10-6-22(7-11-26)19-30-14-16-33-17-15-30/h2-11,18,21,27H,12-17,19-20H2,1H3,(H,29,32). The second kappa shape index (κ2) is 10.0. The summed E-state index contributed by atoms with van der Waals surface area (Å²) < 4.78 is 5.42.